The molecule has 0 saturated carbocycles. The van der Waals surface area contributed by atoms with Crippen molar-refractivity contribution in [1.82, 2.24) is 0 Å². The lowest BCUT2D eigenvalue weighted by Gasteiger charge is -2.11. The van der Waals surface area contributed by atoms with E-state index in [0.717, 1.165) is 5.56 Å². The summed E-state index contributed by atoms with van der Waals surface area (Å²) >= 11 is 5.76. The average molecular weight is 233 g/mol. The minimum atomic E-state index is -3.19. The SMILES string of the molecule is CC(C)c1ccc(Cl)cc1S(C)(=O)=O. The van der Waals surface area contributed by atoms with Gasteiger partial charge in [-0.3, -0.25) is 0 Å². The van der Waals surface area contributed by atoms with Gasteiger partial charge < -0.3 is 0 Å². The molecule has 0 spiro atoms. The lowest BCUT2D eigenvalue weighted by Crippen LogP contribution is -2.03. The number of halogens is 1. The monoisotopic (exact) mass is 232 g/mol. The van der Waals surface area contributed by atoms with Gasteiger partial charge in [0.25, 0.3) is 0 Å². The molecule has 1 aromatic carbocycles. The van der Waals surface area contributed by atoms with Gasteiger partial charge in [-0.05, 0) is 23.6 Å². The predicted octanol–water partition coefficient (Wildman–Crippen LogP) is 2.87. The van der Waals surface area contributed by atoms with E-state index in [1.165, 1.54) is 12.3 Å². The molecule has 0 fully saturated rings. The molecular weight excluding hydrogens is 220 g/mol. The normalized spacial score (nSPS) is 12.1. The Bertz CT molecular complexity index is 435. The van der Waals surface area contributed by atoms with E-state index in [1.54, 1.807) is 12.1 Å². The average Bonchev–Trinajstić information content (AvgIpc) is 2.01. The van der Waals surface area contributed by atoms with Crippen LogP contribution in [0.3, 0.4) is 0 Å². The summed E-state index contributed by atoms with van der Waals surface area (Å²) in [5.74, 6) is 0.178. The van der Waals surface area contributed by atoms with Gasteiger partial charge in [-0.1, -0.05) is 31.5 Å². The van der Waals surface area contributed by atoms with Crippen molar-refractivity contribution in [2.45, 2.75) is 24.7 Å². The Labute approximate surface area is 89.8 Å². The summed E-state index contributed by atoms with van der Waals surface area (Å²) in [6.07, 6.45) is 1.20. The molecule has 0 aliphatic heterocycles. The van der Waals surface area contributed by atoms with E-state index in [-0.39, 0.29) is 5.92 Å². The molecule has 0 bridgehead atoms. The van der Waals surface area contributed by atoms with Crippen molar-refractivity contribution in [3.8, 4) is 0 Å². The lowest BCUT2D eigenvalue weighted by atomic mass is 10.0. The van der Waals surface area contributed by atoms with E-state index in [9.17, 15) is 8.42 Å². The zero-order valence-corrected chi connectivity index (χ0v) is 9.98. The first-order valence-corrected chi connectivity index (χ1v) is 6.59. The maximum absolute atomic E-state index is 11.5. The molecule has 0 heterocycles. The summed E-state index contributed by atoms with van der Waals surface area (Å²) in [6.45, 7) is 3.91. The third kappa shape index (κ3) is 2.49. The van der Waals surface area contributed by atoms with Crippen LogP contribution in [0.4, 0.5) is 0 Å². The van der Waals surface area contributed by atoms with Crippen LogP contribution >= 0.6 is 11.6 Å². The van der Waals surface area contributed by atoms with Crippen LogP contribution in [0.5, 0.6) is 0 Å². The summed E-state index contributed by atoms with van der Waals surface area (Å²) in [6, 6.07) is 4.99. The van der Waals surface area contributed by atoms with E-state index in [2.05, 4.69) is 0 Å². The van der Waals surface area contributed by atoms with Crippen LogP contribution in [0.15, 0.2) is 23.1 Å². The highest BCUT2D eigenvalue weighted by atomic mass is 35.5. The fraction of sp³-hybridized carbons (Fsp3) is 0.400. The van der Waals surface area contributed by atoms with Crippen LogP contribution in [0.2, 0.25) is 5.02 Å². The molecule has 14 heavy (non-hydrogen) atoms. The van der Waals surface area contributed by atoms with Crippen molar-refractivity contribution >= 4 is 21.4 Å². The van der Waals surface area contributed by atoms with Gasteiger partial charge >= 0.3 is 0 Å². The van der Waals surface area contributed by atoms with Gasteiger partial charge in [0.1, 0.15) is 0 Å². The van der Waals surface area contributed by atoms with E-state index < -0.39 is 9.84 Å². The van der Waals surface area contributed by atoms with Crippen LogP contribution in [0.25, 0.3) is 0 Å². The topological polar surface area (TPSA) is 34.1 Å². The molecule has 4 heteroatoms. The van der Waals surface area contributed by atoms with E-state index in [0.29, 0.717) is 9.92 Å². The molecule has 0 aliphatic rings. The van der Waals surface area contributed by atoms with Gasteiger partial charge in [0.15, 0.2) is 9.84 Å². The first-order valence-electron chi connectivity index (χ1n) is 4.32. The van der Waals surface area contributed by atoms with Crippen molar-refractivity contribution in [3.63, 3.8) is 0 Å². The molecule has 0 aromatic heterocycles. The summed E-state index contributed by atoms with van der Waals surface area (Å²) in [4.78, 5) is 0.333. The summed E-state index contributed by atoms with van der Waals surface area (Å²) in [5, 5.41) is 0.454. The molecule has 0 radical (unpaired) electrons. The smallest absolute Gasteiger partial charge is 0.175 e. The number of rotatable bonds is 2. The highest BCUT2D eigenvalue weighted by Crippen LogP contribution is 2.26. The number of hydrogen-bond donors (Lipinski definition) is 0. The van der Waals surface area contributed by atoms with E-state index in [1.807, 2.05) is 13.8 Å². The van der Waals surface area contributed by atoms with Gasteiger partial charge in [-0.15, -0.1) is 0 Å². The second-order valence-electron chi connectivity index (χ2n) is 3.61. The molecule has 0 N–H and O–H groups in total. The number of sulfone groups is 1. The largest absolute Gasteiger partial charge is 0.224 e. The van der Waals surface area contributed by atoms with Crippen LogP contribution in [-0.2, 0) is 9.84 Å². The van der Waals surface area contributed by atoms with Gasteiger partial charge in [0, 0.05) is 11.3 Å². The summed E-state index contributed by atoms with van der Waals surface area (Å²) < 4.78 is 22.9. The van der Waals surface area contributed by atoms with Crippen molar-refractivity contribution in [2.75, 3.05) is 6.26 Å². The molecular formula is C10H13ClO2S. The van der Waals surface area contributed by atoms with E-state index in [4.69, 9.17) is 11.6 Å². The third-order valence-corrected chi connectivity index (χ3v) is 3.38. The minimum absolute atomic E-state index is 0.178. The second kappa shape index (κ2) is 3.91. The second-order valence-corrected chi connectivity index (χ2v) is 6.03. The summed E-state index contributed by atoms with van der Waals surface area (Å²) in [5.41, 5.74) is 0.817. The molecule has 0 saturated heterocycles. The summed E-state index contributed by atoms with van der Waals surface area (Å²) in [7, 11) is -3.19. The molecule has 0 unspecified atom stereocenters. The zero-order chi connectivity index (χ0) is 10.9. The van der Waals surface area contributed by atoms with E-state index >= 15 is 0 Å². The third-order valence-electron chi connectivity index (χ3n) is 2.00. The first kappa shape index (κ1) is 11.5. The Morgan fingerprint density at radius 1 is 1.29 bits per heavy atom. The number of hydrogen-bond acceptors (Lipinski definition) is 2. The quantitative estimate of drug-likeness (QED) is 0.786. The van der Waals surface area contributed by atoms with Crippen molar-refractivity contribution < 1.29 is 8.42 Å². The molecule has 2 nitrogen and oxygen atoms in total. The Morgan fingerprint density at radius 2 is 1.86 bits per heavy atom. The van der Waals surface area contributed by atoms with Crippen molar-refractivity contribution in [2.24, 2.45) is 0 Å². The highest BCUT2D eigenvalue weighted by molar-refractivity contribution is 7.90. The van der Waals surface area contributed by atoms with Crippen LogP contribution in [-0.4, -0.2) is 14.7 Å². The molecule has 1 aromatic rings. The van der Waals surface area contributed by atoms with Crippen molar-refractivity contribution in [3.05, 3.63) is 28.8 Å². The standard InChI is InChI=1S/C10H13ClO2S/c1-7(2)9-5-4-8(11)6-10(9)14(3,12)13/h4-7H,1-3H3. The molecule has 1 rings (SSSR count). The maximum Gasteiger partial charge on any atom is 0.175 e. The Kier molecular flexibility index (Phi) is 3.22. The molecule has 78 valence electrons. The lowest BCUT2D eigenvalue weighted by molar-refractivity contribution is 0.599. The molecule has 0 aliphatic carbocycles. The van der Waals surface area contributed by atoms with Gasteiger partial charge in [-0.25, -0.2) is 8.42 Å². The fourth-order valence-corrected chi connectivity index (χ4v) is 2.62. The molecule has 0 amide bonds. The van der Waals surface area contributed by atoms with Crippen LogP contribution < -0.4 is 0 Å². The first-order chi connectivity index (χ1) is 6.32. The molecule has 0 atom stereocenters. The Balaban J connectivity index is 3.46. The van der Waals surface area contributed by atoms with Crippen LogP contribution in [0, 0.1) is 0 Å². The predicted molar refractivity (Wildman–Crippen MR) is 58.7 cm³/mol. The maximum atomic E-state index is 11.5. The van der Waals surface area contributed by atoms with Gasteiger partial charge in [0.2, 0.25) is 0 Å². The van der Waals surface area contributed by atoms with Gasteiger partial charge in [-0.2, -0.15) is 0 Å². The Hall–Kier alpha value is -0.540. The fourth-order valence-electron chi connectivity index (χ4n) is 1.31. The minimum Gasteiger partial charge on any atom is -0.224 e. The zero-order valence-electron chi connectivity index (χ0n) is 8.41. The Morgan fingerprint density at radius 3 is 2.29 bits per heavy atom. The highest BCUT2D eigenvalue weighted by Gasteiger charge is 2.15. The van der Waals surface area contributed by atoms with Crippen molar-refractivity contribution in [1.29, 1.82) is 0 Å². The van der Waals surface area contributed by atoms with Crippen LogP contribution in [0.1, 0.15) is 25.3 Å². The van der Waals surface area contributed by atoms with Gasteiger partial charge in [0.05, 0.1) is 4.90 Å². The number of benzene rings is 1.